The van der Waals surface area contributed by atoms with E-state index in [2.05, 4.69) is 46.7 Å². The van der Waals surface area contributed by atoms with Crippen molar-refractivity contribution in [2.24, 2.45) is 12.5 Å². The molecule has 1 fully saturated rings. The first-order valence-electron chi connectivity index (χ1n) is 7.03. The molecule has 2 aromatic rings. The van der Waals surface area contributed by atoms with Crippen LogP contribution in [-0.4, -0.2) is 15.5 Å². The van der Waals surface area contributed by atoms with E-state index in [1.165, 1.54) is 37.7 Å². The number of aromatic nitrogens is 4. The third-order valence-corrected chi connectivity index (χ3v) is 4.28. The second-order valence-corrected chi connectivity index (χ2v) is 6.08. The minimum atomic E-state index is 0.491. The highest BCUT2D eigenvalue weighted by Gasteiger charge is 2.28. The Hall–Kier alpha value is -1.71. The summed E-state index contributed by atoms with van der Waals surface area (Å²) in [6.07, 6.45) is 6.65. The van der Waals surface area contributed by atoms with Gasteiger partial charge in [0.1, 0.15) is 5.10 Å². The molecule has 0 unspecified atom stereocenters. The number of aromatic amines is 1. The zero-order chi connectivity index (χ0) is 13.3. The van der Waals surface area contributed by atoms with Gasteiger partial charge in [0.2, 0.25) is 0 Å². The molecule has 0 amide bonds. The van der Waals surface area contributed by atoms with Gasteiger partial charge in [0, 0.05) is 0 Å². The quantitative estimate of drug-likeness (QED) is 0.858. The van der Waals surface area contributed by atoms with Gasteiger partial charge in [0.05, 0.1) is 12.6 Å². The monoisotopic (exact) mass is 257 g/mol. The van der Waals surface area contributed by atoms with Gasteiger partial charge in [-0.1, -0.05) is 37.1 Å². The van der Waals surface area contributed by atoms with E-state index < -0.39 is 0 Å². The van der Waals surface area contributed by atoms with Crippen molar-refractivity contribution >= 4 is 0 Å². The first-order chi connectivity index (χ1) is 9.16. The van der Waals surface area contributed by atoms with Crippen LogP contribution in [-0.2, 0) is 13.5 Å². The van der Waals surface area contributed by atoms with Gasteiger partial charge in [0.15, 0.2) is 5.21 Å². The lowest BCUT2D eigenvalue weighted by atomic mass is 9.82. The number of rotatable bonds is 3. The van der Waals surface area contributed by atoms with Crippen molar-refractivity contribution in [3.05, 3.63) is 29.8 Å². The average molecular weight is 257 g/mol. The van der Waals surface area contributed by atoms with Crippen LogP contribution in [0, 0.1) is 5.41 Å². The van der Waals surface area contributed by atoms with Crippen LogP contribution < -0.4 is 4.68 Å². The fourth-order valence-electron chi connectivity index (χ4n) is 3.22. The Morgan fingerprint density at radius 2 is 2.11 bits per heavy atom. The lowest BCUT2D eigenvalue weighted by Gasteiger charge is -2.23. The predicted octanol–water partition coefficient (Wildman–Crippen LogP) is 2.42. The lowest BCUT2D eigenvalue weighted by molar-refractivity contribution is -0.721. The van der Waals surface area contributed by atoms with E-state index >= 15 is 0 Å². The number of aryl methyl sites for hydroxylation is 1. The number of tetrazole rings is 1. The summed E-state index contributed by atoms with van der Waals surface area (Å²) in [5.41, 5.74) is 3.03. The Bertz CT molecular complexity index is 567. The number of hydrogen-bond acceptors (Lipinski definition) is 2. The third-order valence-electron chi connectivity index (χ3n) is 4.28. The summed E-state index contributed by atoms with van der Waals surface area (Å²) in [6, 6.07) is 8.70. The molecule has 0 atom stereocenters. The number of nitrogens with one attached hydrogen (secondary N) is 1. The van der Waals surface area contributed by atoms with Gasteiger partial charge in [-0.25, -0.2) is 0 Å². The van der Waals surface area contributed by atoms with Crippen molar-refractivity contribution < 1.29 is 4.68 Å². The second-order valence-electron chi connectivity index (χ2n) is 6.08. The maximum atomic E-state index is 4.13. The van der Waals surface area contributed by atoms with Gasteiger partial charge in [-0.05, 0) is 42.4 Å². The Morgan fingerprint density at radius 1 is 1.32 bits per heavy atom. The molecule has 0 radical (unpaired) electrons. The van der Waals surface area contributed by atoms with E-state index in [4.69, 9.17) is 0 Å². The molecule has 3 rings (SSSR count). The summed E-state index contributed by atoms with van der Waals surface area (Å²) >= 11 is 0. The van der Waals surface area contributed by atoms with Crippen LogP contribution >= 0.6 is 0 Å². The van der Waals surface area contributed by atoms with Crippen molar-refractivity contribution in [2.75, 3.05) is 0 Å². The first kappa shape index (κ1) is 12.3. The maximum Gasteiger partial charge on any atom is 0.331 e. The molecule has 0 aliphatic heterocycles. The normalized spacial score (nSPS) is 17.8. The number of hydrogen-bond donors (Lipinski definition) is 1. The van der Waals surface area contributed by atoms with Crippen molar-refractivity contribution in [1.82, 2.24) is 15.5 Å². The molecule has 1 aliphatic carbocycles. The molecule has 1 aromatic carbocycles. The van der Waals surface area contributed by atoms with E-state index in [1.54, 1.807) is 0 Å². The minimum Gasteiger partial charge on any atom is -0.161 e. The van der Waals surface area contributed by atoms with E-state index in [0.29, 0.717) is 5.41 Å². The van der Waals surface area contributed by atoms with E-state index in [0.717, 1.165) is 11.4 Å². The van der Waals surface area contributed by atoms with E-state index in [9.17, 15) is 0 Å². The van der Waals surface area contributed by atoms with Crippen molar-refractivity contribution in [3.8, 4) is 11.4 Å². The molecule has 0 spiro atoms. The molecule has 1 saturated carbocycles. The van der Waals surface area contributed by atoms with Gasteiger partial charge in [-0.2, -0.15) is 4.68 Å². The summed E-state index contributed by atoms with van der Waals surface area (Å²) in [5, 5.41) is 10.8. The topological polar surface area (TPSA) is 45.5 Å². The summed E-state index contributed by atoms with van der Waals surface area (Å²) < 4.78 is 1.84. The molecule has 1 heterocycles. The van der Waals surface area contributed by atoms with E-state index in [-0.39, 0.29) is 0 Å². The minimum absolute atomic E-state index is 0.491. The Morgan fingerprint density at radius 3 is 2.79 bits per heavy atom. The van der Waals surface area contributed by atoms with Crippen molar-refractivity contribution in [1.29, 1.82) is 0 Å². The highest BCUT2D eigenvalue weighted by Crippen LogP contribution is 2.40. The Labute approximate surface area is 113 Å². The van der Waals surface area contributed by atoms with Crippen molar-refractivity contribution in [3.63, 3.8) is 0 Å². The smallest absolute Gasteiger partial charge is 0.161 e. The molecule has 1 N–H and O–H groups in total. The Balaban J connectivity index is 1.86. The summed E-state index contributed by atoms with van der Waals surface area (Å²) in [7, 11) is 1.93. The van der Waals surface area contributed by atoms with Gasteiger partial charge >= 0.3 is 5.82 Å². The molecule has 100 valence electrons. The molecule has 1 aromatic heterocycles. The van der Waals surface area contributed by atoms with Gasteiger partial charge in [-0.3, -0.25) is 0 Å². The molecule has 0 saturated heterocycles. The zero-order valence-corrected chi connectivity index (χ0v) is 11.7. The predicted molar refractivity (Wildman–Crippen MR) is 73.3 cm³/mol. The molecular weight excluding hydrogens is 236 g/mol. The molecule has 0 bridgehead atoms. The first-order valence-corrected chi connectivity index (χ1v) is 7.03. The van der Waals surface area contributed by atoms with Crippen LogP contribution in [0.25, 0.3) is 11.4 Å². The molecule has 4 heteroatoms. The zero-order valence-electron chi connectivity index (χ0n) is 11.7. The number of H-pyrrole nitrogens is 1. The van der Waals surface area contributed by atoms with Gasteiger partial charge in [0.25, 0.3) is 0 Å². The summed E-state index contributed by atoms with van der Waals surface area (Å²) in [4.78, 5) is 0. The standard InChI is InChI=1S/C15H20N4/c1-15(8-3-4-9-15)11-12-6-5-7-13(10-12)14-16-17-18-19(14)2/h5-7,10H,3-4,8-9,11H2,1-2H3/p+1. The fraction of sp³-hybridized carbons (Fsp3) is 0.533. The molecule has 1 aliphatic rings. The largest absolute Gasteiger partial charge is 0.331 e. The van der Waals surface area contributed by atoms with Crippen LogP contribution in [0.2, 0.25) is 0 Å². The van der Waals surface area contributed by atoms with Gasteiger partial charge < -0.3 is 0 Å². The summed E-state index contributed by atoms with van der Waals surface area (Å²) in [6.45, 7) is 2.42. The van der Waals surface area contributed by atoms with Crippen LogP contribution in [0.1, 0.15) is 38.2 Å². The fourth-order valence-corrected chi connectivity index (χ4v) is 3.22. The molecule has 4 nitrogen and oxygen atoms in total. The SMILES string of the molecule is C[n+]1[nH]nnc1-c1cccc(CC2(C)CCCC2)c1. The van der Waals surface area contributed by atoms with Gasteiger partial charge in [-0.15, -0.1) is 0 Å². The lowest BCUT2D eigenvalue weighted by Crippen LogP contribution is -2.32. The highest BCUT2D eigenvalue weighted by molar-refractivity contribution is 5.52. The van der Waals surface area contributed by atoms with Crippen LogP contribution in [0.15, 0.2) is 24.3 Å². The third kappa shape index (κ3) is 2.53. The number of benzene rings is 1. The van der Waals surface area contributed by atoms with Crippen LogP contribution in [0.3, 0.4) is 0 Å². The van der Waals surface area contributed by atoms with Crippen molar-refractivity contribution in [2.45, 2.75) is 39.0 Å². The Kier molecular flexibility index (Phi) is 3.09. The van der Waals surface area contributed by atoms with E-state index in [1.807, 2.05) is 11.7 Å². The van der Waals surface area contributed by atoms with Crippen LogP contribution in [0.4, 0.5) is 0 Å². The highest BCUT2D eigenvalue weighted by atomic mass is 15.5. The molecule has 19 heavy (non-hydrogen) atoms. The second kappa shape index (κ2) is 4.76. The average Bonchev–Trinajstić information content (AvgIpc) is 2.99. The number of nitrogens with zero attached hydrogens (tertiary/aromatic N) is 3. The molecular formula is C15H21N4+. The summed E-state index contributed by atoms with van der Waals surface area (Å²) in [5.74, 6) is 0.887. The maximum absolute atomic E-state index is 4.13. The van der Waals surface area contributed by atoms with Crippen LogP contribution in [0.5, 0.6) is 0 Å².